The summed E-state index contributed by atoms with van der Waals surface area (Å²) in [6, 6.07) is 5.75. The number of benzene rings is 1. The van der Waals surface area contributed by atoms with Gasteiger partial charge in [-0.05, 0) is 55.2 Å². The molecule has 166 valence electrons. The standard InChI is InChI=1S/C23H27F2N3O3/c1-30-23(29)21-22(26-13-19(27-21)15-5-6-15)28-18-4-2-3-16(14-9-11-31-12-10-14)17(18)7-8-20(24)25/h2-4,13-15,20H,5-12H2,1H3,(H,26,28). The van der Waals surface area contributed by atoms with Crippen LogP contribution < -0.4 is 5.32 Å². The smallest absolute Gasteiger partial charge is 0.360 e. The molecule has 1 saturated heterocycles. The van der Waals surface area contributed by atoms with Crippen molar-refractivity contribution in [3.8, 4) is 0 Å². The Bertz CT molecular complexity index is 928. The maximum atomic E-state index is 13.1. The van der Waals surface area contributed by atoms with Crippen LogP contribution in [-0.2, 0) is 15.9 Å². The number of aromatic nitrogens is 2. The van der Waals surface area contributed by atoms with E-state index in [0.29, 0.717) is 24.8 Å². The minimum Gasteiger partial charge on any atom is -0.464 e. The van der Waals surface area contributed by atoms with Crippen LogP contribution in [0.4, 0.5) is 20.3 Å². The zero-order valence-electron chi connectivity index (χ0n) is 17.6. The zero-order valence-corrected chi connectivity index (χ0v) is 17.6. The molecule has 6 nitrogen and oxygen atoms in total. The van der Waals surface area contributed by atoms with Crippen molar-refractivity contribution in [1.82, 2.24) is 9.97 Å². The number of anilines is 2. The molecule has 2 aliphatic rings. The molecule has 2 aromatic rings. The van der Waals surface area contributed by atoms with E-state index >= 15 is 0 Å². The first kappa shape index (κ1) is 21.6. The predicted octanol–water partition coefficient (Wildman–Crippen LogP) is 4.98. The van der Waals surface area contributed by atoms with Gasteiger partial charge in [0.25, 0.3) is 0 Å². The number of alkyl halides is 2. The summed E-state index contributed by atoms with van der Waals surface area (Å²) in [5.74, 6) is 0.292. The molecule has 0 spiro atoms. The van der Waals surface area contributed by atoms with Crippen molar-refractivity contribution < 1.29 is 23.0 Å². The number of esters is 1. The number of hydrogen-bond donors (Lipinski definition) is 1. The minimum atomic E-state index is -2.39. The highest BCUT2D eigenvalue weighted by Crippen LogP contribution is 2.40. The molecule has 1 aromatic heterocycles. The van der Waals surface area contributed by atoms with E-state index in [1.54, 1.807) is 6.20 Å². The molecule has 2 fully saturated rings. The van der Waals surface area contributed by atoms with Crippen LogP contribution in [0.15, 0.2) is 24.4 Å². The molecule has 8 heteroatoms. The Labute approximate surface area is 180 Å². The quantitative estimate of drug-likeness (QED) is 0.595. The van der Waals surface area contributed by atoms with Crippen LogP contribution in [0.25, 0.3) is 0 Å². The van der Waals surface area contributed by atoms with Gasteiger partial charge in [0, 0.05) is 31.2 Å². The Morgan fingerprint density at radius 3 is 2.68 bits per heavy atom. The van der Waals surface area contributed by atoms with Gasteiger partial charge >= 0.3 is 5.97 Å². The first-order valence-corrected chi connectivity index (χ1v) is 10.8. The summed E-state index contributed by atoms with van der Waals surface area (Å²) in [5, 5.41) is 3.20. The molecule has 0 unspecified atom stereocenters. The Balaban J connectivity index is 1.69. The molecule has 1 aromatic carbocycles. The highest BCUT2D eigenvalue weighted by atomic mass is 19.3. The fourth-order valence-corrected chi connectivity index (χ4v) is 4.08. The van der Waals surface area contributed by atoms with E-state index in [9.17, 15) is 13.6 Å². The van der Waals surface area contributed by atoms with Crippen LogP contribution in [0.5, 0.6) is 0 Å². The number of carbonyl (C=O) groups is 1. The molecule has 1 N–H and O–H groups in total. The summed E-state index contributed by atoms with van der Waals surface area (Å²) in [5.41, 5.74) is 3.45. The molecule has 2 heterocycles. The summed E-state index contributed by atoms with van der Waals surface area (Å²) in [7, 11) is 1.30. The summed E-state index contributed by atoms with van der Waals surface area (Å²) < 4.78 is 36.5. The molecule has 4 rings (SSSR count). The third-order valence-electron chi connectivity index (χ3n) is 5.90. The SMILES string of the molecule is COC(=O)c1nc(C2CC2)cnc1Nc1cccc(C2CCOCC2)c1CCC(F)F. The lowest BCUT2D eigenvalue weighted by molar-refractivity contribution is 0.0594. The van der Waals surface area contributed by atoms with Gasteiger partial charge in [0.2, 0.25) is 6.43 Å². The van der Waals surface area contributed by atoms with Crippen molar-refractivity contribution in [3.63, 3.8) is 0 Å². The van der Waals surface area contributed by atoms with E-state index in [4.69, 9.17) is 9.47 Å². The van der Waals surface area contributed by atoms with E-state index in [-0.39, 0.29) is 30.3 Å². The minimum absolute atomic E-state index is 0.114. The highest BCUT2D eigenvalue weighted by molar-refractivity contribution is 5.93. The lowest BCUT2D eigenvalue weighted by Crippen LogP contribution is -2.17. The average molecular weight is 431 g/mol. The Kier molecular flexibility index (Phi) is 6.75. The summed E-state index contributed by atoms with van der Waals surface area (Å²) in [6.07, 6.45) is 3.06. The van der Waals surface area contributed by atoms with Crippen molar-refractivity contribution in [3.05, 3.63) is 46.9 Å². The number of hydrogen-bond acceptors (Lipinski definition) is 6. The molecule has 1 aliphatic heterocycles. The average Bonchev–Trinajstić information content (AvgIpc) is 3.64. The first-order valence-electron chi connectivity index (χ1n) is 10.8. The van der Waals surface area contributed by atoms with Gasteiger partial charge in [-0.1, -0.05) is 12.1 Å². The Hall–Kier alpha value is -2.61. The Morgan fingerprint density at radius 1 is 1.23 bits per heavy atom. The van der Waals surface area contributed by atoms with Gasteiger partial charge in [-0.3, -0.25) is 0 Å². The van der Waals surface area contributed by atoms with E-state index in [0.717, 1.165) is 42.5 Å². The number of nitrogens with one attached hydrogen (secondary N) is 1. The molecule has 1 saturated carbocycles. The van der Waals surface area contributed by atoms with Crippen LogP contribution in [-0.4, -0.2) is 42.7 Å². The lowest BCUT2D eigenvalue weighted by Gasteiger charge is -2.26. The van der Waals surface area contributed by atoms with Crippen molar-refractivity contribution >= 4 is 17.5 Å². The summed E-state index contributed by atoms with van der Waals surface area (Å²) in [6.45, 7) is 1.33. The molecule has 0 bridgehead atoms. The van der Waals surface area contributed by atoms with Gasteiger partial charge in [-0.15, -0.1) is 0 Å². The third kappa shape index (κ3) is 5.18. The van der Waals surface area contributed by atoms with E-state index in [1.807, 2.05) is 18.2 Å². The van der Waals surface area contributed by atoms with Crippen LogP contribution >= 0.6 is 0 Å². The lowest BCUT2D eigenvalue weighted by atomic mass is 9.86. The highest BCUT2D eigenvalue weighted by Gasteiger charge is 2.28. The van der Waals surface area contributed by atoms with Crippen molar-refractivity contribution in [2.75, 3.05) is 25.6 Å². The maximum Gasteiger partial charge on any atom is 0.360 e. The van der Waals surface area contributed by atoms with Crippen LogP contribution in [0.2, 0.25) is 0 Å². The summed E-state index contributed by atoms with van der Waals surface area (Å²) >= 11 is 0. The third-order valence-corrected chi connectivity index (χ3v) is 5.90. The van der Waals surface area contributed by atoms with Crippen molar-refractivity contribution in [2.45, 2.75) is 56.8 Å². The van der Waals surface area contributed by atoms with Crippen molar-refractivity contribution in [2.24, 2.45) is 0 Å². The van der Waals surface area contributed by atoms with Gasteiger partial charge in [0.05, 0.1) is 19.0 Å². The number of rotatable bonds is 8. The maximum absolute atomic E-state index is 13.1. The van der Waals surface area contributed by atoms with Crippen LogP contribution in [0.3, 0.4) is 0 Å². The molecular weight excluding hydrogens is 404 g/mol. The number of halogens is 2. The van der Waals surface area contributed by atoms with Crippen LogP contribution in [0.1, 0.15) is 71.2 Å². The zero-order chi connectivity index (χ0) is 21.8. The van der Waals surface area contributed by atoms with E-state index in [2.05, 4.69) is 15.3 Å². The molecule has 1 aliphatic carbocycles. The van der Waals surface area contributed by atoms with Crippen molar-refractivity contribution in [1.29, 1.82) is 0 Å². The fourth-order valence-electron chi connectivity index (χ4n) is 4.08. The number of nitrogens with zero attached hydrogens (tertiary/aromatic N) is 2. The van der Waals surface area contributed by atoms with Crippen LogP contribution in [0, 0.1) is 0 Å². The van der Waals surface area contributed by atoms with Gasteiger partial charge < -0.3 is 14.8 Å². The Morgan fingerprint density at radius 2 is 2.00 bits per heavy atom. The largest absolute Gasteiger partial charge is 0.464 e. The second-order valence-electron chi connectivity index (χ2n) is 8.07. The molecular formula is C23H27F2N3O3. The molecule has 0 atom stereocenters. The number of carbonyl (C=O) groups excluding carboxylic acids is 1. The predicted molar refractivity (Wildman–Crippen MR) is 112 cm³/mol. The monoisotopic (exact) mass is 431 g/mol. The number of ether oxygens (including phenoxy) is 2. The van der Waals surface area contributed by atoms with Gasteiger partial charge in [0.1, 0.15) is 0 Å². The molecule has 0 amide bonds. The second-order valence-corrected chi connectivity index (χ2v) is 8.07. The molecule has 0 radical (unpaired) electrons. The van der Waals surface area contributed by atoms with Gasteiger partial charge in [-0.25, -0.2) is 23.5 Å². The fraction of sp³-hybridized carbons (Fsp3) is 0.522. The number of methoxy groups -OCH3 is 1. The summed E-state index contributed by atoms with van der Waals surface area (Å²) in [4.78, 5) is 21.3. The van der Waals surface area contributed by atoms with E-state index < -0.39 is 12.4 Å². The van der Waals surface area contributed by atoms with Gasteiger partial charge in [0.15, 0.2) is 11.5 Å². The van der Waals surface area contributed by atoms with E-state index in [1.165, 1.54) is 7.11 Å². The topological polar surface area (TPSA) is 73.3 Å². The normalized spacial score (nSPS) is 17.0. The second kappa shape index (κ2) is 9.68. The molecule has 31 heavy (non-hydrogen) atoms. The first-order chi connectivity index (χ1) is 15.1. The van der Waals surface area contributed by atoms with Gasteiger partial charge in [-0.2, -0.15) is 0 Å².